The summed E-state index contributed by atoms with van der Waals surface area (Å²) in [5, 5.41) is 87.2. The van der Waals surface area contributed by atoms with Crippen LogP contribution in [0.3, 0.4) is 0 Å². The van der Waals surface area contributed by atoms with Crippen LogP contribution in [0.15, 0.2) is 60.8 Å². The van der Waals surface area contributed by atoms with Crippen molar-refractivity contribution >= 4 is 5.91 Å². The van der Waals surface area contributed by atoms with E-state index in [-0.39, 0.29) is 18.9 Å². The van der Waals surface area contributed by atoms with Gasteiger partial charge in [0, 0.05) is 6.42 Å². The summed E-state index contributed by atoms with van der Waals surface area (Å²) in [7, 11) is 0. The smallest absolute Gasteiger partial charge is 0.220 e. The van der Waals surface area contributed by atoms with Gasteiger partial charge in [-0.25, -0.2) is 0 Å². The molecule has 14 heteroatoms. The topological polar surface area (TPSA) is 228 Å². The SMILES string of the molecule is CC/C=C\C/C=C\C/C=C\C/C=C\CCCCCCCCCCCCCCCCCCCCCCCCCCC(=O)NC(COC1OC(CO)C(OC2OC(CO)C(O)C(O)C2O)C(O)C1O)C(O)/C=C/CCCCCCCCCCCCCC. The van der Waals surface area contributed by atoms with Gasteiger partial charge in [-0.05, 0) is 57.8 Å². The maximum absolute atomic E-state index is 13.3. The molecule has 85 heavy (non-hydrogen) atoms. The molecule has 2 aliphatic rings. The maximum atomic E-state index is 13.3. The van der Waals surface area contributed by atoms with E-state index >= 15 is 0 Å². The molecule has 0 radical (unpaired) electrons. The number of aliphatic hydroxyl groups excluding tert-OH is 8. The molecule has 2 rings (SSSR count). The number of amides is 1. The maximum Gasteiger partial charge on any atom is 0.220 e. The molecule has 0 aromatic rings. The van der Waals surface area contributed by atoms with Crippen molar-refractivity contribution in [2.45, 2.75) is 364 Å². The molecule has 0 saturated carbocycles. The first kappa shape index (κ1) is 78.8. The Labute approximate surface area is 517 Å². The van der Waals surface area contributed by atoms with E-state index in [0.29, 0.717) is 6.42 Å². The largest absolute Gasteiger partial charge is 0.394 e. The van der Waals surface area contributed by atoms with Gasteiger partial charge in [-0.15, -0.1) is 0 Å². The Hall–Kier alpha value is -2.31. The van der Waals surface area contributed by atoms with Crippen molar-refractivity contribution in [1.82, 2.24) is 5.32 Å². The lowest BCUT2D eigenvalue weighted by Crippen LogP contribution is -2.65. The minimum Gasteiger partial charge on any atom is -0.394 e. The van der Waals surface area contributed by atoms with E-state index in [0.717, 1.165) is 64.2 Å². The molecule has 0 aromatic heterocycles. The van der Waals surface area contributed by atoms with Crippen LogP contribution in [0.4, 0.5) is 0 Å². The highest BCUT2D eigenvalue weighted by Gasteiger charge is 2.51. The molecule has 2 fully saturated rings. The Bertz CT molecular complexity index is 1660. The highest BCUT2D eigenvalue weighted by Crippen LogP contribution is 2.30. The van der Waals surface area contributed by atoms with Crippen LogP contribution in [0, 0.1) is 0 Å². The van der Waals surface area contributed by atoms with Crippen molar-refractivity contribution in [2.24, 2.45) is 0 Å². The number of ether oxygens (including phenoxy) is 4. The normalized spacial score (nSPS) is 23.9. The summed E-state index contributed by atoms with van der Waals surface area (Å²) in [6.45, 7) is 2.70. The van der Waals surface area contributed by atoms with E-state index in [1.165, 1.54) is 199 Å². The Morgan fingerprint density at radius 2 is 0.812 bits per heavy atom. The van der Waals surface area contributed by atoms with Crippen LogP contribution in [0.1, 0.15) is 290 Å². The lowest BCUT2D eigenvalue weighted by molar-refractivity contribution is -0.359. The van der Waals surface area contributed by atoms with Crippen molar-refractivity contribution in [3.8, 4) is 0 Å². The third kappa shape index (κ3) is 40.1. The Morgan fingerprint density at radius 1 is 0.435 bits per heavy atom. The van der Waals surface area contributed by atoms with E-state index in [1.807, 2.05) is 6.08 Å². The number of aliphatic hydroxyl groups is 8. The first-order valence-corrected chi connectivity index (χ1v) is 35.0. The van der Waals surface area contributed by atoms with Crippen LogP contribution in [-0.4, -0.2) is 140 Å². The number of rotatable bonds is 57. The van der Waals surface area contributed by atoms with Gasteiger partial charge < -0.3 is 65.1 Å². The molecule has 12 unspecified atom stereocenters. The average Bonchev–Trinajstić information content (AvgIpc) is 3.65. The van der Waals surface area contributed by atoms with Gasteiger partial charge in [0.15, 0.2) is 12.6 Å². The molecule has 2 heterocycles. The predicted molar refractivity (Wildman–Crippen MR) is 346 cm³/mol. The van der Waals surface area contributed by atoms with Crippen LogP contribution in [0.25, 0.3) is 0 Å². The van der Waals surface area contributed by atoms with E-state index < -0.39 is 86.8 Å². The fourth-order valence-electron chi connectivity index (χ4n) is 11.4. The van der Waals surface area contributed by atoms with Crippen LogP contribution < -0.4 is 5.32 Å². The lowest BCUT2D eigenvalue weighted by Gasteiger charge is -2.46. The van der Waals surface area contributed by atoms with Gasteiger partial charge >= 0.3 is 0 Å². The molecular weight excluding hydrogens is 1070 g/mol. The van der Waals surface area contributed by atoms with Gasteiger partial charge in [-0.1, -0.05) is 286 Å². The fraction of sp³-hybridized carbons (Fsp3) is 0.845. The number of carbonyl (C=O) groups is 1. The van der Waals surface area contributed by atoms with Gasteiger partial charge in [-0.2, -0.15) is 0 Å². The number of hydrogen-bond acceptors (Lipinski definition) is 13. The van der Waals surface area contributed by atoms with Gasteiger partial charge in [0.05, 0.1) is 32.0 Å². The zero-order chi connectivity index (χ0) is 61.6. The summed E-state index contributed by atoms with van der Waals surface area (Å²) in [5.41, 5.74) is 0. The fourth-order valence-corrected chi connectivity index (χ4v) is 11.4. The Balaban J connectivity index is 1.58. The molecule has 0 aromatic carbocycles. The van der Waals surface area contributed by atoms with E-state index in [4.69, 9.17) is 18.9 Å². The third-order valence-electron chi connectivity index (χ3n) is 17.0. The minimum atomic E-state index is -1.79. The monoisotopic (exact) mass is 1200 g/mol. The zero-order valence-electron chi connectivity index (χ0n) is 53.8. The van der Waals surface area contributed by atoms with E-state index in [2.05, 4.69) is 67.8 Å². The number of allylic oxidation sites excluding steroid dienone is 9. The van der Waals surface area contributed by atoms with Crippen LogP contribution in [-0.2, 0) is 23.7 Å². The molecule has 0 bridgehead atoms. The summed E-state index contributed by atoms with van der Waals surface area (Å²) in [6, 6.07) is -0.913. The zero-order valence-corrected chi connectivity index (χ0v) is 53.8. The number of hydrogen-bond donors (Lipinski definition) is 9. The molecule has 0 spiro atoms. The van der Waals surface area contributed by atoms with Crippen molar-refractivity contribution in [3.63, 3.8) is 0 Å². The first-order valence-electron chi connectivity index (χ1n) is 35.0. The molecule has 496 valence electrons. The average molecular weight is 1200 g/mol. The Kier molecular flexibility index (Phi) is 51.7. The van der Waals surface area contributed by atoms with Crippen LogP contribution in [0.5, 0.6) is 0 Å². The van der Waals surface area contributed by atoms with Crippen LogP contribution >= 0.6 is 0 Å². The quantitative estimate of drug-likeness (QED) is 0.0204. The third-order valence-corrected chi connectivity index (χ3v) is 17.0. The lowest BCUT2D eigenvalue weighted by atomic mass is 9.97. The van der Waals surface area contributed by atoms with Crippen molar-refractivity contribution in [3.05, 3.63) is 60.8 Å². The molecular formula is C71H129NO13. The molecule has 1 amide bonds. The number of unbranched alkanes of at least 4 members (excludes halogenated alkanes) is 36. The predicted octanol–water partition coefficient (Wildman–Crippen LogP) is 14.1. The molecule has 2 saturated heterocycles. The van der Waals surface area contributed by atoms with Gasteiger partial charge in [-0.3, -0.25) is 4.79 Å². The molecule has 2 aliphatic heterocycles. The summed E-state index contributed by atoms with van der Waals surface area (Å²) in [6.07, 6.45) is 57.3. The van der Waals surface area contributed by atoms with E-state index in [1.54, 1.807) is 6.08 Å². The Morgan fingerprint density at radius 3 is 1.25 bits per heavy atom. The highest BCUT2D eigenvalue weighted by molar-refractivity contribution is 5.76. The molecule has 14 nitrogen and oxygen atoms in total. The van der Waals surface area contributed by atoms with E-state index in [9.17, 15) is 45.6 Å². The van der Waals surface area contributed by atoms with Crippen molar-refractivity contribution in [2.75, 3.05) is 19.8 Å². The summed E-state index contributed by atoms with van der Waals surface area (Å²) < 4.78 is 22.8. The summed E-state index contributed by atoms with van der Waals surface area (Å²) in [5.74, 6) is -0.236. The first-order chi connectivity index (χ1) is 41.6. The van der Waals surface area contributed by atoms with Gasteiger partial charge in [0.25, 0.3) is 0 Å². The van der Waals surface area contributed by atoms with Crippen LogP contribution in [0.2, 0.25) is 0 Å². The van der Waals surface area contributed by atoms with Crippen molar-refractivity contribution in [1.29, 1.82) is 0 Å². The van der Waals surface area contributed by atoms with Gasteiger partial charge in [0.2, 0.25) is 5.91 Å². The second-order valence-corrected chi connectivity index (χ2v) is 24.6. The molecule has 9 N–H and O–H groups in total. The molecule has 0 aliphatic carbocycles. The second-order valence-electron chi connectivity index (χ2n) is 24.6. The second kappa shape index (κ2) is 55.7. The number of nitrogens with one attached hydrogen (secondary N) is 1. The standard InChI is InChI=1S/C71H129NO13/c1-3-5-7-9-11-13-15-17-19-20-21-22-23-24-25-26-27-28-29-30-31-32-33-34-35-36-37-38-39-40-41-43-45-47-49-51-53-55-63(76)72-59(60(75)54-52-50-48-46-44-42-18-16-14-12-10-8-6-4-2)58-82-70-68(81)66(79)69(62(57-74)84-70)85-71-67(80)65(78)64(77)61(56-73)83-71/h5,7,11,13,17,19,21-22,52,54,59-62,64-71,73-75,77-81H,3-4,6,8-10,12,14-16,18,20,23-51,53,55-58H2,1-2H3,(H,72,76)/b7-5-,13-11-,19-17-,22-21-,54-52+. The van der Waals surface area contributed by atoms with Gasteiger partial charge in [0.1, 0.15) is 48.8 Å². The number of carbonyl (C=O) groups excluding carboxylic acids is 1. The summed E-state index contributed by atoms with van der Waals surface area (Å²) >= 11 is 0. The van der Waals surface area contributed by atoms with Crippen molar-refractivity contribution < 1.29 is 64.6 Å². The minimum absolute atomic E-state index is 0.236. The highest BCUT2D eigenvalue weighted by atomic mass is 16.7. The molecule has 12 atom stereocenters. The summed E-state index contributed by atoms with van der Waals surface area (Å²) in [4.78, 5) is 13.3.